The number of carbonyl (C=O) groups excluding carboxylic acids is 1. The summed E-state index contributed by atoms with van der Waals surface area (Å²) < 4.78 is 41.9. The highest BCUT2D eigenvalue weighted by molar-refractivity contribution is 7.99. The van der Waals surface area contributed by atoms with Gasteiger partial charge in [0.25, 0.3) is 0 Å². The number of aromatic nitrogens is 3. The van der Waals surface area contributed by atoms with Crippen LogP contribution in [0.25, 0.3) is 11.4 Å². The number of anilines is 1. The average molecular weight is 392 g/mol. The number of hydrogen-bond donors (Lipinski definition) is 1. The number of halogens is 3. The van der Waals surface area contributed by atoms with Gasteiger partial charge in [-0.15, -0.1) is 10.2 Å². The summed E-state index contributed by atoms with van der Waals surface area (Å²) >= 11 is 1.10. The van der Waals surface area contributed by atoms with Gasteiger partial charge in [0.1, 0.15) is 17.5 Å². The van der Waals surface area contributed by atoms with Gasteiger partial charge >= 0.3 is 0 Å². The first-order valence-corrected chi connectivity index (χ1v) is 9.03. The minimum Gasteiger partial charge on any atom is -0.323 e. The van der Waals surface area contributed by atoms with E-state index in [2.05, 4.69) is 15.5 Å². The van der Waals surface area contributed by atoms with Crippen LogP contribution in [0.4, 0.5) is 18.9 Å². The van der Waals surface area contributed by atoms with E-state index in [1.54, 1.807) is 16.7 Å². The molecule has 0 spiro atoms. The lowest BCUT2D eigenvalue weighted by atomic mass is 10.2. The second-order valence-corrected chi connectivity index (χ2v) is 6.46. The van der Waals surface area contributed by atoms with Crippen LogP contribution in [0.2, 0.25) is 0 Å². The Morgan fingerprint density at radius 3 is 2.63 bits per heavy atom. The molecule has 1 aromatic heterocycles. The highest BCUT2D eigenvalue weighted by Gasteiger charge is 2.16. The molecule has 0 bridgehead atoms. The predicted octanol–water partition coefficient (Wildman–Crippen LogP) is 4.11. The van der Waals surface area contributed by atoms with E-state index >= 15 is 0 Å². The fourth-order valence-electron chi connectivity index (χ4n) is 2.43. The number of hydrogen-bond acceptors (Lipinski definition) is 4. The fraction of sp³-hybridized carbons (Fsp3) is 0.167. The van der Waals surface area contributed by atoms with Crippen LogP contribution in [0.5, 0.6) is 0 Å². The van der Waals surface area contributed by atoms with Crippen molar-refractivity contribution < 1.29 is 18.0 Å². The first-order valence-electron chi connectivity index (χ1n) is 8.04. The predicted molar refractivity (Wildman–Crippen MR) is 96.8 cm³/mol. The molecule has 0 saturated heterocycles. The van der Waals surface area contributed by atoms with Crippen molar-refractivity contribution in [2.45, 2.75) is 18.6 Å². The Morgan fingerprint density at radius 2 is 1.89 bits per heavy atom. The Kier molecular flexibility index (Phi) is 5.80. The van der Waals surface area contributed by atoms with Gasteiger partial charge in [-0.05, 0) is 31.2 Å². The summed E-state index contributed by atoms with van der Waals surface area (Å²) in [6, 6.07) is 8.80. The van der Waals surface area contributed by atoms with Gasteiger partial charge in [0.2, 0.25) is 5.91 Å². The SMILES string of the molecule is CCn1c(SCC(=O)Nc2cc(F)ccc2F)nnc1-c1cccc(F)c1. The van der Waals surface area contributed by atoms with E-state index in [0.717, 1.165) is 30.0 Å². The first-order chi connectivity index (χ1) is 13.0. The quantitative estimate of drug-likeness (QED) is 0.642. The van der Waals surface area contributed by atoms with Crippen molar-refractivity contribution in [1.82, 2.24) is 14.8 Å². The smallest absolute Gasteiger partial charge is 0.234 e. The number of benzene rings is 2. The lowest BCUT2D eigenvalue weighted by Crippen LogP contribution is -2.15. The number of nitrogens with zero attached hydrogens (tertiary/aromatic N) is 3. The zero-order chi connectivity index (χ0) is 19.4. The maximum Gasteiger partial charge on any atom is 0.234 e. The standard InChI is InChI=1S/C18H15F3N4OS/c1-2-25-17(11-4-3-5-12(19)8-11)23-24-18(25)27-10-16(26)22-15-9-13(20)6-7-14(15)21/h3-9H,2,10H2,1H3,(H,22,26). The molecule has 0 radical (unpaired) electrons. The van der Waals surface area contributed by atoms with Crippen LogP contribution >= 0.6 is 11.8 Å². The Bertz CT molecular complexity index is 977. The molecule has 1 N–H and O–H groups in total. The van der Waals surface area contributed by atoms with Crippen LogP contribution in [0.3, 0.4) is 0 Å². The fourth-order valence-corrected chi connectivity index (χ4v) is 3.23. The third-order valence-electron chi connectivity index (χ3n) is 3.65. The highest BCUT2D eigenvalue weighted by atomic mass is 32.2. The molecule has 9 heteroatoms. The minimum absolute atomic E-state index is 0.0722. The molecule has 0 aliphatic carbocycles. The Morgan fingerprint density at radius 1 is 1.11 bits per heavy atom. The lowest BCUT2D eigenvalue weighted by molar-refractivity contribution is -0.113. The molecule has 0 aliphatic heterocycles. The summed E-state index contributed by atoms with van der Waals surface area (Å²) in [5, 5.41) is 10.9. The van der Waals surface area contributed by atoms with Crippen molar-refractivity contribution in [3.63, 3.8) is 0 Å². The molecule has 0 saturated carbocycles. The highest BCUT2D eigenvalue weighted by Crippen LogP contribution is 2.25. The van der Waals surface area contributed by atoms with Gasteiger partial charge in [0, 0.05) is 18.2 Å². The summed E-state index contributed by atoms with van der Waals surface area (Å²) in [4.78, 5) is 12.0. The number of amides is 1. The van der Waals surface area contributed by atoms with E-state index in [-0.39, 0.29) is 17.3 Å². The second-order valence-electron chi connectivity index (χ2n) is 5.52. The summed E-state index contributed by atoms with van der Waals surface area (Å²) in [7, 11) is 0. The van der Waals surface area contributed by atoms with E-state index in [9.17, 15) is 18.0 Å². The van der Waals surface area contributed by atoms with Gasteiger partial charge in [0.15, 0.2) is 11.0 Å². The van der Waals surface area contributed by atoms with Gasteiger partial charge in [-0.25, -0.2) is 13.2 Å². The van der Waals surface area contributed by atoms with Crippen molar-refractivity contribution in [3.05, 3.63) is 59.9 Å². The molecule has 0 unspecified atom stereocenters. The third-order valence-corrected chi connectivity index (χ3v) is 4.62. The molecule has 27 heavy (non-hydrogen) atoms. The number of rotatable bonds is 6. The normalized spacial score (nSPS) is 10.8. The topological polar surface area (TPSA) is 59.8 Å². The van der Waals surface area contributed by atoms with E-state index in [4.69, 9.17) is 0 Å². The molecule has 0 fully saturated rings. The molecular weight excluding hydrogens is 377 g/mol. The maximum absolute atomic E-state index is 13.6. The molecule has 3 rings (SSSR count). The third kappa shape index (κ3) is 4.48. The minimum atomic E-state index is -0.722. The van der Waals surface area contributed by atoms with E-state index in [0.29, 0.717) is 23.1 Å². The lowest BCUT2D eigenvalue weighted by Gasteiger charge is -2.08. The summed E-state index contributed by atoms with van der Waals surface area (Å²) in [6.45, 7) is 2.39. The van der Waals surface area contributed by atoms with Crippen LogP contribution < -0.4 is 5.32 Å². The first kappa shape index (κ1) is 19.0. The molecule has 2 aromatic carbocycles. The van der Waals surface area contributed by atoms with Crippen LogP contribution in [0.1, 0.15) is 6.92 Å². The van der Waals surface area contributed by atoms with Gasteiger partial charge in [-0.2, -0.15) is 0 Å². The monoisotopic (exact) mass is 392 g/mol. The number of thioether (sulfide) groups is 1. The average Bonchev–Trinajstić information content (AvgIpc) is 3.06. The molecule has 140 valence electrons. The van der Waals surface area contributed by atoms with Gasteiger partial charge < -0.3 is 9.88 Å². The molecule has 5 nitrogen and oxygen atoms in total. The summed E-state index contributed by atoms with van der Waals surface area (Å²) in [5.41, 5.74) is 0.348. The van der Waals surface area contributed by atoms with Crippen molar-refractivity contribution in [2.75, 3.05) is 11.1 Å². The molecule has 1 heterocycles. The van der Waals surface area contributed by atoms with Crippen LogP contribution in [0.15, 0.2) is 47.6 Å². The van der Waals surface area contributed by atoms with Crippen molar-refractivity contribution in [1.29, 1.82) is 0 Å². The largest absolute Gasteiger partial charge is 0.323 e. The molecular formula is C18H15F3N4OS. The molecule has 3 aromatic rings. The van der Waals surface area contributed by atoms with Crippen LogP contribution in [-0.2, 0) is 11.3 Å². The molecule has 0 atom stereocenters. The summed E-state index contributed by atoms with van der Waals surface area (Å²) in [5.74, 6) is -1.86. The Balaban J connectivity index is 1.71. The van der Waals surface area contributed by atoms with Crippen LogP contribution in [-0.4, -0.2) is 26.4 Å². The second kappa shape index (κ2) is 8.26. The van der Waals surface area contributed by atoms with Crippen molar-refractivity contribution in [2.24, 2.45) is 0 Å². The van der Waals surface area contributed by atoms with Crippen molar-refractivity contribution >= 4 is 23.4 Å². The van der Waals surface area contributed by atoms with Gasteiger partial charge in [-0.1, -0.05) is 23.9 Å². The zero-order valence-electron chi connectivity index (χ0n) is 14.2. The van der Waals surface area contributed by atoms with Crippen molar-refractivity contribution in [3.8, 4) is 11.4 Å². The number of carbonyl (C=O) groups is 1. The van der Waals surface area contributed by atoms with E-state index < -0.39 is 17.5 Å². The molecule has 1 amide bonds. The van der Waals surface area contributed by atoms with Crippen LogP contribution in [0, 0.1) is 17.5 Å². The van der Waals surface area contributed by atoms with Gasteiger partial charge in [0.05, 0.1) is 11.4 Å². The molecule has 0 aliphatic rings. The van der Waals surface area contributed by atoms with Gasteiger partial charge in [-0.3, -0.25) is 4.79 Å². The Labute approximate surface area is 157 Å². The summed E-state index contributed by atoms with van der Waals surface area (Å²) in [6.07, 6.45) is 0. The zero-order valence-corrected chi connectivity index (χ0v) is 15.1. The van der Waals surface area contributed by atoms with E-state index in [1.807, 2.05) is 6.92 Å². The Hall–Kier alpha value is -2.81. The number of nitrogens with one attached hydrogen (secondary N) is 1. The van der Waals surface area contributed by atoms with E-state index in [1.165, 1.54) is 12.1 Å². The maximum atomic E-state index is 13.6.